The van der Waals surface area contributed by atoms with Crippen LogP contribution >= 0.6 is 39.1 Å². The quantitative estimate of drug-likeness (QED) is 0.681. The lowest BCUT2D eigenvalue weighted by atomic mass is 10.0. The van der Waals surface area contributed by atoms with Crippen LogP contribution in [-0.2, 0) is 6.42 Å². The first-order chi connectivity index (χ1) is 8.56. The summed E-state index contributed by atoms with van der Waals surface area (Å²) >= 11 is 15.9. The van der Waals surface area contributed by atoms with Crippen LogP contribution < -0.4 is 0 Å². The molecule has 0 saturated heterocycles. The summed E-state index contributed by atoms with van der Waals surface area (Å²) in [4.78, 5) is 4.17. The molecule has 1 unspecified atom stereocenters. The minimum atomic E-state index is 0.190. The summed E-state index contributed by atoms with van der Waals surface area (Å²) in [5.74, 6) is 0. The zero-order chi connectivity index (χ0) is 13.1. The van der Waals surface area contributed by atoms with Crippen molar-refractivity contribution in [3.05, 3.63) is 63.4 Å². The molecule has 18 heavy (non-hydrogen) atoms. The fraction of sp³-hybridized carbons (Fsp3) is 0.214. The Bertz CT molecular complexity index is 537. The number of pyridine rings is 1. The van der Waals surface area contributed by atoms with E-state index >= 15 is 0 Å². The molecule has 0 spiro atoms. The number of hydrogen-bond acceptors (Lipinski definition) is 1. The normalized spacial score (nSPS) is 12.4. The molecule has 0 bridgehead atoms. The highest BCUT2D eigenvalue weighted by molar-refractivity contribution is 9.09. The van der Waals surface area contributed by atoms with Crippen LogP contribution in [-0.4, -0.2) is 4.98 Å². The van der Waals surface area contributed by atoms with Crippen LogP contribution in [0.4, 0.5) is 0 Å². The molecule has 2 aromatic rings. The molecule has 1 aromatic heterocycles. The fourth-order valence-corrected chi connectivity index (χ4v) is 2.93. The van der Waals surface area contributed by atoms with Gasteiger partial charge in [-0.15, -0.1) is 0 Å². The first-order valence-electron chi connectivity index (χ1n) is 5.56. The maximum absolute atomic E-state index is 6.11. The summed E-state index contributed by atoms with van der Waals surface area (Å²) in [6.07, 6.45) is 4.23. The molecule has 0 fully saturated rings. The highest BCUT2D eigenvalue weighted by Crippen LogP contribution is 2.31. The van der Waals surface area contributed by atoms with Gasteiger partial charge < -0.3 is 0 Å². The molecule has 0 aliphatic rings. The summed E-state index contributed by atoms with van der Waals surface area (Å²) in [6, 6.07) is 7.99. The average Bonchev–Trinajstić information content (AvgIpc) is 2.31. The van der Waals surface area contributed by atoms with Gasteiger partial charge in [0.2, 0.25) is 0 Å². The topological polar surface area (TPSA) is 12.9 Å². The van der Waals surface area contributed by atoms with Crippen LogP contribution in [0.5, 0.6) is 0 Å². The third-order valence-corrected chi connectivity index (χ3v) is 4.09. The molecule has 0 aliphatic carbocycles. The van der Waals surface area contributed by atoms with E-state index in [2.05, 4.69) is 27.0 Å². The Hall–Kier alpha value is -0.570. The van der Waals surface area contributed by atoms with Gasteiger partial charge in [-0.05, 0) is 48.2 Å². The van der Waals surface area contributed by atoms with Crippen molar-refractivity contribution in [2.75, 3.05) is 0 Å². The lowest BCUT2D eigenvalue weighted by Gasteiger charge is -2.12. The number of alkyl halides is 1. The number of aryl methyl sites for hydroxylation is 1. The van der Waals surface area contributed by atoms with Crippen molar-refractivity contribution in [2.45, 2.75) is 18.2 Å². The van der Waals surface area contributed by atoms with Gasteiger partial charge in [-0.3, -0.25) is 4.98 Å². The summed E-state index contributed by atoms with van der Waals surface area (Å²) in [7, 11) is 0. The second-order valence-electron chi connectivity index (χ2n) is 4.20. The maximum atomic E-state index is 6.11. The summed E-state index contributed by atoms with van der Waals surface area (Å²) in [5.41, 5.74) is 3.39. The SMILES string of the molecule is Cc1cc(Cl)cc(C(Br)Cc2ccncc2Cl)c1. The molecule has 1 heterocycles. The lowest BCUT2D eigenvalue weighted by molar-refractivity contribution is 0.943. The summed E-state index contributed by atoms with van der Waals surface area (Å²) in [6.45, 7) is 2.04. The van der Waals surface area contributed by atoms with Gasteiger partial charge in [0.1, 0.15) is 0 Å². The van der Waals surface area contributed by atoms with E-state index in [1.807, 2.05) is 25.1 Å². The third kappa shape index (κ3) is 3.47. The van der Waals surface area contributed by atoms with E-state index in [9.17, 15) is 0 Å². The van der Waals surface area contributed by atoms with Crippen molar-refractivity contribution in [2.24, 2.45) is 0 Å². The van der Waals surface area contributed by atoms with Gasteiger partial charge in [-0.1, -0.05) is 45.2 Å². The smallest absolute Gasteiger partial charge is 0.0621 e. The molecule has 1 atom stereocenters. The molecular weight excluding hydrogens is 333 g/mol. The highest BCUT2D eigenvalue weighted by atomic mass is 79.9. The summed E-state index contributed by atoms with van der Waals surface area (Å²) < 4.78 is 0. The van der Waals surface area contributed by atoms with Crippen molar-refractivity contribution in [1.82, 2.24) is 4.98 Å². The minimum absolute atomic E-state index is 0.190. The van der Waals surface area contributed by atoms with E-state index in [0.717, 1.165) is 28.1 Å². The third-order valence-electron chi connectivity index (χ3n) is 2.68. The van der Waals surface area contributed by atoms with Gasteiger partial charge in [0, 0.05) is 22.2 Å². The number of benzene rings is 1. The van der Waals surface area contributed by atoms with Crippen molar-refractivity contribution >= 4 is 39.1 Å². The van der Waals surface area contributed by atoms with Gasteiger partial charge in [-0.25, -0.2) is 0 Å². The zero-order valence-corrected chi connectivity index (χ0v) is 12.9. The van der Waals surface area contributed by atoms with Crippen molar-refractivity contribution in [1.29, 1.82) is 0 Å². The van der Waals surface area contributed by atoms with Crippen LogP contribution in [0.3, 0.4) is 0 Å². The number of halogens is 3. The van der Waals surface area contributed by atoms with E-state index in [4.69, 9.17) is 23.2 Å². The van der Waals surface area contributed by atoms with E-state index in [0.29, 0.717) is 5.02 Å². The Morgan fingerprint density at radius 3 is 2.72 bits per heavy atom. The molecule has 0 aliphatic heterocycles. The Morgan fingerprint density at radius 2 is 2.06 bits per heavy atom. The maximum Gasteiger partial charge on any atom is 0.0621 e. The largest absolute Gasteiger partial charge is 0.263 e. The number of hydrogen-bond donors (Lipinski definition) is 0. The first-order valence-corrected chi connectivity index (χ1v) is 7.23. The van der Waals surface area contributed by atoms with Crippen LogP contribution in [0.15, 0.2) is 36.7 Å². The van der Waals surface area contributed by atoms with Gasteiger partial charge in [0.25, 0.3) is 0 Å². The number of aromatic nitrogens is 1. The van der Waals surface area contributed by atoms with Crippen LogP contribution in [0.1, 0.15) is 21.5 Å². The van der Waals surface area contributed by atoms with Gasteiger partial charge in [0.05, 0.1) is 5.02 Å². The Morgan fingerprint density at radius 1 is 1.28 bits per heavy atom. The Balaban J connectivity index is 2.22. The van der Waals surface area contributed by atoms with E-state index in [1.165, 1.54) is 0 Å². The molecule has 1 nitrogen and oxygen atoms in total. The molecule has 1 aromatic carbocycles. The predicted molar refractivity (Wildman–Crippen MR) is 80.8 cm³/mol. The highest BCUT2D eigenvalue weighted by Gasteiger charge is 2.11. The van der Waals surface area contributed by atoms with E-state index < -0.39 is 0 Å². The van der Waals surface area contributed by atoms with Crippen molar-refractivity contribution in [3.63, 3.8) is 0 Å². The second-order valence-corrected chi connectivity index (χ2v) is 6.15. The Kier molecular flexibility index (Phi) is 4.66. The molecule has 4 heteroatoms. The standard InChI is InChI=1S/C14H12BrCl2N/c1-9-4-11(6-12(16)5-9)13(15)7-10-2-3-18-8-14(10)17/h2-6,8,13H,7H2,1H3. The van der Waals surface area contributed by atoms with Crippen molar-refractivity contribution < 1.29 is 0 Å². The minimum Gasteiger partial charge on any atom is -0.263 e. The van der Waals surface area contributed by atoms with Crippen LogP contribution in [0.25, 0.3) is 0 Å². The van der Waals surface area contributed by atoms with Gasteiger partial charge >= 0.3 is 0 Å². The average molecular weight is 345 g/mol. The van der Waals surface area contributed by atoms with Crippen molar-refractivity contribution in [3.8, 4) is 0 Å². The Labute approximate surface area is 125 Å². The van der Waals surface area contributed by atoms with E-state index in [1.54, 1.807) is 12.4 Å². The summed E-state index contributed by atoms with van der Waals surface area (Å²) in [5, 5.41) is 1.45. The molecule has 0 amide bonds. The van der Waals surface area contributed by atoms with E-state index in [-0.39, 0.29) is 4.83 Å². The van der Waals surface area contributed by atoms with Crippen LogP contribution in [0, 0.1) is 6.92 Å². The monoisotopic (exact) mass is 343 g/mol. The lowest BCUT2D eigenvalue weighted by Crippen LogP contribution is -1.97. The second kappa shape index (κ2) is 6.05. The fourth-order valence-electron chi connectivity index (χ4n) is 1.83. The number of rotatable bonds is 3. The number of nitrogens with zero attached hydrogens (tertiary/aromatic N) is 1. The molecule has 0 N–H and O–H groups in total. The van der Waals surface area contributed by atoms with Gasteiger partial charge in [0.15, 0.2) is 0 Å². The molecule has 94 valence electrons. The zero-order valence-electron chi connectivity index (χ0n) is 9.83. The molecular formula is C14H12BrCl2N. The molecule has 0 saturated carbocycles. The molecule has 0 radical (unpaired) electrons. The first kappa shape index (κ1) is 13.9. The van der Waals surface area contributed by atoms with Gasteiger partial charge in [-0.2, -0.15) is 0 Å². The van der Waals surface area contributed by atoms with Crippen LogP contribution in [0.2, 0.25) is 10.0 Å². The predicted octanol–water partition coefficient (Wildman–Crippen LogP) is 5.38. The molecule has 2 rings (SSSR count).